The minimum absolute atomic E-state index is 0.0644. The maximum absolute atomic E-state index is 13.1. The third-order valence-electron chi connectivity index (χ3n) is 5.38. The van der Waals surface area contributed by atoms with E-state index in [2.05, 4.69) is 4.98 Å². The van der Waals surface area contributed by atoms with E-state index < -0.39 is 22.7 Å². The number of ketones is 1. The van der Waals surface area contributed by atoms with Gasteiger partial charge in [-0.2, -0.15) is 0 Å². The quantitative estimate of drug-likeness (QED) is 0.202. The Balaban J connectivity index is 1.86. The molecule has 2 heterocycles. The van der Waals surface area contributed by atoms with Gasteiger partial charge in [0.2, 0.25) is 0 Å². The van der Waals surface area contributed by atoms with Gasteiger partial charge in [-0.15, -0.1) is 0 Å². The van der Waals surface area contributed by atoms with E-state index in [0.717, 1.165) is 0 Å². The molecule has 0 radical (unpaired) electrons. The number of carbonyl (C=O) groups is 2. The van der Waals surface area contributed by atoms with Crippen molar-refractivity contribution in [3.05, 3.63) is 105 Å². The van der Waals surface area contributed by atoms with E-state index in [-0.39, 0.29) is 23.6 Å². The SMILES string of the molecule is COc1cccc(/C(O)=C2/C(=O)C(=O)N(Cc3cccnc3)C2c2ccc([N+](=O)[O-])cc2)c1. The number of non-ortho nitro benzene ring substituents is 1. The molecule has 1 aliphatic heterocycles. The number of rotatable bonds is 6. The normalized spacial score (nSPS) is 17.2. The Morgan fingerprint density at radius 3 is 2.55 bits per heavy atom. The summed E-state index contributed by atoms with van der Waals surface area (Å²) in [6.45, 7) is 0.0644. The third-order valence-corrected chi connectivity index (χ3v) is 5.38. The molecule has 1 unspecified atom stereocenters. The molecule has 1 aliphatic rings. The summed E-state index contributed by atoms with van der Waals surface area (Å²) < 4.78 is 5.20. The van der Waals surface area contributed by atoms with E-state index in [4.69, 9.17) is 4.74 Å². The van der Waals surface area contributed by atoms with Crippen LogP contribution in [0, 0.1) is 10.1 Å². The topological polar surface area (TPSA) is 123 Å². The molecule has 0 bridgehead atoms. The molecule has 166 valence electrons. The van der Waals surface area contributed by atoms with Crippen LogP contribution in [0.3, 0.4) is 0 Å². The molecule has 0 spiro atoms. The van der Waals surface area contributed by atoms with Crippen LogP contribution in [-0.2, 0) is 16.1 Å². The summed E-state index contributed by atoms with van der Waals surface area (Å²) >= 11 is 0. The summed E-state index contributed by atoms with van der Waals surface area (Å²) in [7, 11) is 1.48. The number of hydrogen-bond donors (Lipinski definition) is 1. The minimum Gasteiger partial charge on any atom is -0.507 e. The highest BCUT2D eigenvalue weighted by atomic mass is 16.6. The molecular formula is C24H19N3O6. The van der Waals surface area contributed by atoms with E-state index >= 15 is 0 Å². The number of aromatic nitrogens is 1. The van der Waals surface area contributed by atoms with Gasteiger partial charge in [-0.25, -0.2) is 0 Å². The number of benzene rings is 2. The Morgan fingerprint density at radius 1 is 1.15 bits per heavy atom. The molecule has 4 rings (SSSR count). The summed E-state index contributed by atoms with van der Waals surface area (Å²) in [5.74, 6) is -1.52. The fourth-order valence-electron chi connectivity index (χ4n) is 3.78. The highest BCUT2D eigenvalue weighted by molar-refractivity contribution is 6.46. The summed E-state index contributed by atoms with van der Waals surface area (Å²) in [5, 5.41) is 22.2. The first-order chi connectivity index (χ1) is 15.9. The second-order valence-electron chi connectivity index (χ2n) is 7.37. The fraction of sp³-hybridized carbons (Fsp3) is 0.125. The largest absolute Gasteiger partial charge is 0.507 e. The number of pyridine rings is 1. The number of aliphatic hydroxyl groups excluding tert-OH is 1. The molecule has 1 amide bonds. The number of ether oxygens (including phenoxy) is 1. The number of likely N-dealkylation sites (tertiary alicyclic amines) is 1. The number of Topliss-reactive ketones (excluding diaryl/α,β-unsaturated/α-hetero) is 1. The van der Waals surface area contributed by atoms with Gasteiger partial charge < -0.3 is 14.7 Å². The third kappa shape index (κ3) is 4.16. The van der Waals surface area contributed by atoms with Gasteiger partial charge in [0.15, 0.2) is 0 Å². The second kappa shape index (κ2) is 8.91. The maximum atomic E-state index is 13.1. The van der Waals surface area contributed by atoms with Gasteiger partial charge in [0.1, 0.15) is 11.5 Å². The van der Waals surface area contributed by atoms with Crippen LogP contribution in [0.25, 0.3) is 5.76 Å². The van der Waals surface area contributed by atoms with Crippen LogP contribution >= 0.6 is 0 Å². The maximum Gasteiger partial charge on any atom is 0.295 e. The van der Waals surface area contributed by atoms with E-state index in [1.54, 1.807) is 48.8 Å². The number of methoxy groups -OCH3 is 1. The van der Waals surface area contributed by atoms with E-state index in [1.807, 2.05) is 0 Å². The number of carbonyl (C=O) groups excluding carboxylic acids is 2. The van der Waals surface area contributed by atoms with Crippen LogP contribution in [0.5, 0.6) is 5.75 Å². The Labute approximate surface area is 188 Å². The molecule has 9 nitrogen and oxygen atoms in total. The van der Waals surface area contributed by atoms with Gasteiger partial charge in [-0.1, -0.05) is 18.2 Å². The Hall–Kier alpha value is -4.53. The lowest BCUT2D eigenvalue weighted by Crippen LogP contribution is -2.29. The Kier molecular flexibility index (Phi) is 5.86. The first kappa shape index (κ1) is 21.7. The lowest BCUT2D eigenvalue weighted by molar-refractivity contribution is -0.384. The van der Waals surface area contributed by atoms with Gasteiger partial charge >= 0.3 is 0 Å². The number of nitro benzene ring substituents is 1. The molecule has 0 aliphatic carbocycles. The van der Waals surface area contributed by atoms with Crippen molar-refractivity contribution in [2.45, 2.75) is 12.6 Å². The Morgan fingerprint density at radius 2 is 1.91 bits per heavy atom. The molecule has 1 aromatic heterocycles. The molecule has 0 saturated carbocycles. The average Bonchev–Trinajstić information content (AvgIpc) is 3.09. The monoisotopic (exact) mass is 445 g/mol. The molecule has 33 heavy (non-hydrogen) atoms. The summed E-state index contributed by atoms with van der Waals surface area (Å²) in [6, 6.07) is 14.6. The summed E-state index contributed by atoms with van der Waals surface area (Å²) in [4.78, 5) is 42.0. The highest BCUT2D eigenvalue weighted by Crippen LogP contribution is 2.40. The zero-order valence-corrected chi connectivity index (χ0v) is 17.5. The number of aliphatic hydroxyl groups is 1. The van der Waals surface area contributed by atoms with Crippen LogP contribution in [-0.4, -0.2) is 38.7 Å². The van der Waals surface area contributed by atoms with Crippen LogP contribution in [0.2, 0.25) is 0 Å². The van der Waals surface area contributed by atoms with Crippen molar-refractivity contribution in [1.82, 2.24) is 9.88 Å². The number of nitrogens with zero attached hydrogens (tertiary/aromatic N) is 3. The van der Waals surface area contributed by atoms with Crippen molar-refractivity contribution >= 4 is 23.1 Å². The number of amides is 1. The zero-order chi connectivity index (χ0) is 23.5. The van der Waals surface area contributed by atoms with Gasteiger partial charge in [0.05, 0.1) is 23.6 Å². The second-order valence-corrected chi connectivity index (χ2v) is 7.37. The molecule has 1 N–H and O–H groups in total. The van der Waals surface area contributed by atoms with Crippen molar-refractivity contribution in [2.75, 3.05) is 7.11 Å². The van der Waals surface area contributed by atoms with Crippen molar-refractivity contribution in [3.8, 4) is 5.75 Å². The van der Waals surface area contributed by atoms with Crippen LogP contribution in [0.4, 0.5) is 5.69 Å². The lowest BCUT2D eigenvalue weighted by Gasteiger charge is -2.25. The van der Waals surface area contributed by atoms with E-state index in [9.17, 15) is 24.8 Å². The lowest BCUT2D eigenvalue weighted by atomic mass is 9.95. The van der Waals surface area contributed by atoms with Gasteiger partial charge in [0, 0.05) is 36.6 Å². The van der Waals surface area contributed by atoms with Gasteiger partial charge in [0.25, 0.3) is 17.4 Å². The average molecular weight is 445 g/mol. The number of hydrogen-bond acceptors (Lipinski definition) is 7. The van der Waals surface area contributed by atoms with Crippen molar-refractivity contribution in [3.63, 3.8) is 0 Å². The molecule has 1 fully saturated rings. The van der Waals surface area contributed by atoms with Gasteiger partial charge in [-0.05, 0) is 41.5 Å². The molecule has 1 saturated heterocycles. The van der Waals surface area contributed by atoms with E-state index in [0.29, 0.717) is 22.4 Å². The zero-order valence-electron chi connectivity index (χ0n) is 17.5. The molecule has 3 aromatic rings. The van der Waals surface area contributed by atoms with Crippen molar-refractivity contribution < 1.29 is 24.4 Å². The van der Waals surface area contributed by atoms with Crippen molar-refractivity contribution in [1.29, 1.82) is 0 Å². The molecule has 9 heteroatoms. The first-order valence-electron chi connectivity index (χ1n) is 9.97. The minimum atomic E-state index is -0.947. The van der Waals surface area contributed by atoms with Crippen LogP contribution in [0.1, 0.15) is 22.7 Å². The predicted molar refractivity (Wildman–Crippen MR) is 118 cm³/mol. The number of nitro groups is 1. The van der Waals surface area contributed by atoms with Crippen LogP contribution < -0.4 is 4.74 Å². The smallest absolute Gasteiger partial charge is 0.295 e. The molecule has 2 aromatic carbocycles. The van der Waals surface area contributed by atoms with E-state index in [1.165, 1.54) is 36.3 Å². The molecular weight excluding hydrogens is 426 g/mol. The summed E-state index contributed by atoms with van der Waals surface area (Å²) in [6.07, 6.45) is 3.17. The standard InChI is InChI=1S/C24H19N3O6/c1-33-19-6-2-5-17(12-19)22(28)20-21(16-7-9-18(10-8-16)27(31)32)26(24(30)23(20)29)14-15-4-3-11-25-13-15/h2-13,21,28H,14H2,1H3/b22-20-. The van der Waals surface area contributed by atoms with Crippen molar-refractivity contribution in [2.24, 2.45) is 0 Å². The Bertz CT molecular complexity index is 1250. The van der Waals surface area contributed by atoms with Gasteiger partial charge in [-0.3, -0.25) is 24.7 Å². The van der Waals surface area contributed by atoms with Crippen LogP contribution in [0.15, 0.2) is 78.6 Å². The highest BCUT2D eigenvalue weighted by Gasteiger charge is 2.46. The summed E-state index contributed by atoms with van der Waals surface area (Å²) in [5.41, 5.74) is 1.21. The first-order valence-corrected chi connectivity index (χ1v) is 9.97. The predicted octanol–water partition coefficient (Wildman–Crippen LogP) is 3.62. The molecule has 1 atom stereocenters. The fourth-order valence-corrected chi connectivity index (χ4v) is 3.78.